The Balaban J connectivity index is 1.27. The Morgan fingerprint density at radius 2 is 1.61 bits per heavy atom. The summed E-state index contributed by atoms with van der Waals surface area (Å²) in [6.07, 6.45) is 12.9. The molecular formula is C36H49NO7. The van der Waals surface area contributed by atoms with E-state index in [1.165, 1.54) is 51.2 Å². The van der Waals surface area contributed by atoms with Gasteiger partial charge in [-0.25, -0.2) is 4.79 Å². The molecule has 4 rings (SSSR count). The van der Waals surface area contributed by atoms with Gasteiger partial charge < -0.3 is 23.8 Å². The number of aryl methyl sites for hydroxylation is 1. The number of likely N-dealkylation sites (tertiary alicyclic amines) is 1. The first-order chi connectivity index (χ1) is 21.5. The summed E-state index contributed by atoms with van der Waals surface area (Å²) in [6, 6.07) is 13.1. The zero-order valence-electron chi connectivity index (χ0n) is 26.5. The van der Waals surface area contributed by atoms with Gasteiger partial charge in [-0.1, -0.05) is 44.2 Å². The number of esters is 2. The lowest BCUT2D eigenvalue weighted by atomic mass is 9.86. The van der Waals surface area contributed by atoms with Gasteiger partial charge in [0.2, 0.25) is 0 Å². The molecule has 0 radical (unpaired) electrons. The quantitative estimate of drug-likeness (QED) is 0.159. The van der Waals surface area contributed by atoms with E-state index >= 15 is 0 Å². The van der Waals surface area contributed by atoms with Crippen LogP contribution in [0.15, 0.2) is 42.5 Å². The smallest absolute Gasteiger partial charge is 0.337 e. The van der Waals surface area contributed by atoms with E-state index in [0.29, 0.717) is 43.2 Å². The second-order valence-corrected chi connectivity index (χ2v) is 12.1. The van der Waals surface area contributed by atoms with E-state index in [9.17, 15) is 14.4 Å². The van der Waals surface area contributed by atoms with Crippen LogP contribution >= 0.6 is 0 Å². The van der Waals surface area contributed by atoms with Crippen molar-refractivity contribution in [2.24, 2.45) is 11.8 Å². The second-order valence-electron chi connectivity index (χ2n) is 12.1. The Kier molecular flexibility index (Phi) is 13.4. The van der Waals surface area contributed by atoms with Crippen molar-refractivity contribution in [2.75, 3.05) is 40.0 Å². The molecule has 1 aliphatic heterocycles. The third kappa shape index (κ3) is 10.3. The number of ether oxygens (including phenoxy) is 4. The summed E-state index contributed by atoms with van der Waals surface area (Å²) in [6.45, 7) is 4.36. The van der Waals surface area contributed by atoms with Crippen LogP contribution in [0.4, 0.5) is 0 Å². The number of hydrogen-bond acceptors (Lipinski definition) is 7. The number of methoxy groups -OCH3 is 1. The first-order valence-corrected chi connectivity index (χ1v) is 16.5. The fraction of sp³-hybridized carbons (Fsp3) is 0.583. The summed E-state index contributed by atoms with van der Waals surface area (Å²) in [5.74, 6) is 1.30. The highest BCUT2D eigenvalue weighted by Crippen LogP contribution is 2.28. The molecule has 2 aromatic rings. The van der Waals surface area contributed by atoms with Gasteiger partial charge in [0.05, 0.1) is 44.5 Å². The number of carbonyl (C=O) groups is 3. The number of hydrogen-bond donors (Lipinski definition) is 0. The van der Waals surface area contributed by atoms with Gasteiger partial charge in [-0.15, -0.1) is 0 Å². The molecule has 2 aliphatic rings. The number of rotatable bonds is 15. The summed E-state index contributed by atoms with van der Waals surface area (Å²) >= 11 is 0. The maximum absolute atomic E-state index is 13.7. The van der Waals surface area contributed by atoms with Crippen LogP contribution in [0.2, 0.25) is 0 Å². The van der Waals surface area contributed by atoms with Crippen molar-refractivity contribution in [3.63, 3.8) is 0 Å². The third-order valence-corrected chi connectivity index (χ3v) is 8.74. The minimum absolute atomic E-state index is 0.0400. The maximum Gasteiger partial charge on any atom is 0.337 e. The van der Waals surface area contributed by atoms with Crippen molar-refractivity contribution in [3.8, 4) is 11.5 Å². The van der Waals surface area contributed by atoms with Gasteiger partial charge in [0, 0.05) is 13.1 Å². The molecule has 240 valence electrons. The molecule has 0 N–H and O–H groups in total. The van der Waals surface area contributed by atoms with Crippen LogP contribution in [0.3, 0.4) is 0 Å². The van der Waals surface area contributed by atoms with Crippen molar-refractivity contribution >= 4 is 17.8 Å². The molecule has 1 amide bonds. The molecule has 2 fully saturated rings. The van der Waals surface area contributed by atoms with Gasteiger partial charge in [0.25, 0.3) is 5.91 Å². The number of piperidine rings is 1. The zero-order valence-corrected chi connectivity index (χ0v) is 26.5. The highest BCUT2D eigenvalue weighted by Gasteiger charge is 2.28. The number of amides is 1. The molecule has 1 heterocycles. The Bertz CT molecular complexity index is 1210. The molecule has 8 nitrogen and oxygen atoms in total. The molecule has 0 aromatic heterocycles. The number of nitrogens with zero attached hydrogens (tertiary/aromatic N) is 1. The maximum atomic E-state index is 13.7. The Hall–Kier alpha value is -3.55. The first kappa shape index (κ1) is 33.3. The van der Waals surface area contributed by atoms with Crippen LogP contribution in [0.1, 0.15) is 104 Å². The largest absolute Gasteiger partial charge is 0.494 e. The summed E-state index contributed by atoms with van der Waals surface area (Å²) < 4.78 is 22.1. The molecule has 2 aromatic carbocycles. The monoisotopic (exact) mass is 607 g/mol. The van der Waals surface area contributed by atoms with E-state index in [2.05, 4.69) is 12.1 Å². The standard InChI is InChI=1S/C36H49NO7/c1-3-42-34(38)24-29-12-7-21-37(26-29)35(39)32-25-30(36(40)41-2)17-20-33(32)44-23-9-14-28-15-18-31(19-16-28)43-22-8-13-27-10-5-4-6-11-27/h15-20,25,27,29H,3-14,21-24,26H2,1-2H3. The molecule has 44 heavy (non-hydrogen) atoms. The highest BCUT2D eigenvalue weighted by atomic mass is 16.5. The van der Waals surface area contributed by atoms with Crippen molar-refractivity contribution in [2.45, 2.75) is 84.0 Å². The van der Waals surface area contributed by atoms with Crippen LogP contribution in [0, 0.1) is 11.8 Å². The fourth-order valence-electron chi connectivity index (χ4n) is 6.36. The number of benzene rings is 2. The van der Waals surface area contributed by atoms with Crippen molar-refractivity contribution in [1.29, 1.82) is 0 Å². The van der Waals surface area contributed by atoms with Gasteiger partial charge >= 0.3 is 11.9 Å². The van der Waals surface area contributed by atoms with Gasteiger partial charge in [-0.3, -0.25) is 9.59 Å². The Morgan fingerprint density at radius 3 is 2.36 bits per heavy atom. The van der Waals surface area contributed by atoms with Crippen molar-refractivity contribution in [1.82, 2.24) is 4.90 Å². The predicted molar refractivity (Wildman–Crippen MR) is 169 cm³/mol. The van der Waals surface area contributed by atoms with E-state index < -0.39 is 5.97 Å². The van der Waals surface area contributed by atoms with Crippen LogP contribution in [-0.2, 0) is 20.7 Å². The SMILES string of the molecule is CCOC(=O)CC1CCCN(C(=O)c2cc(C(=O)OC)ccc2OCCCc2ccc(OCCCC3CCCCC3)cc2)C1. The molecule has 1 atom stereocenters. The molecule has 1 unspecified atom stereocenters. The topological polar surface area (TPSA) is 91.4 Å². The molecule has 0 bridgehead atoms. The average Bonchev–Trinajstić information content (AvgIpc) is 3.05. The lowest BCUT2D eigenvalue weighted by Gasteiger charge is -2.32. The summed E-state index contributed by atoms with van der Waals surface area (Å²) in [5, 5.41) is 0. The Labute approximate surface area is 262 Å². The third-order valence-electron chi connectivity index (χ3n) is 8.74. The van der Waals surface area contributed by atoms with Crippen molar-refractivity contribution in [3.05, 3.63) is 59.2 Å². The van der Waals surface area contributed by atoms with Crippen LogP contribution in [0.25, 0.3) is 0 Å². The predicted octanol–water partition coefficient (Wildman–Crippen LogP) is 7.03. The van der Waals surface area contributed by atoms with Crippen LogP contribution in [0.5, 0.6) is 11.5 Å². The minimum atomic E-state index is -0.513. The van der Waals surface area contributed by atoms with E-state index in [1.807, 2.05) is 12.1 Å². The normalized spacial score (nSPS) is 17.1. The van der Waals surface area contributed by atoms with Gasteiger partial charge in [0.15, 0.2) is 0 Å². The zero-order chi connectivity index (χ0) is 31.1. The lowest BCUT2D eigenvalue weighted by Crippen LogP contribution is -2.40. The van der Waals surface area contributed by atoms with Gasteiger partial charge in [-0.2, -0.15) is 0 Å². The fourth-order valence-corrected chi connectivity index (χ4v) is 6.36. The molecule has 1 saturated carbocycles. The van der Waals surface area contributed by atoms with Crippen LogP contribution in [-0.4, -0.2) is 62.8 Å². The summed E-state index contributed by atoms with van der Waals surface area (Å²) in [7, 11) is 1.32. The summed E-state index contributed by atoms with van der Waals surface area (Å²) in [5.41, 5.74) is 1.82. The molecule has 0 spiro atoms. The molecular weight excluding hydrogens is 558 g/mol. The molecule has 8 heteroatoms. The lowest BCUT2D eigenvalue weighted by molar-refractivity contribution is -0.144. The van der Waals surface area contributed by atoms with E-state index in [0.717, 1.165) is 50.4 Å². The average molecular weight is 608 g/mol. The van der Waals surface area contributed by atoms with Crippen LogP contribution < -0.4 is 9.47 Å². The van der Waals surface area contributed by atoms with E-state index in [1.54, 1.807) is 30.0 Å². The number of carbonyl (C=O) groups excluding carboxylic acids is 3. The second kappa shape index (κ2) is 17.7. The summed E-state index contributed by atoms with van der Waals surface area (Å²) in [4.78, 5) is 39.7. The highest BCUT2D eigenvalue weighted by molar-refractivity contribution is 6.00. The Morgan fingerprint density at radius 1 is 0.864 bits per heavy atom. The van der Waals surface area contributed by atoms with Gasteiger partial charge in [0.1, 0.15) is 11.5 Å². The minimum Gasteiger partial charge on any atom is -0.494 e. The van der Waals surface area contributed by atoms with Crippen molar-refractivity contribution < 1.29 is 33.3 Å². The first-order valence-electron chi connectivity index (χ1n) is 16.5. The van der Waals surface area contributed by atoms with E-state index in [4.69, 9.17) is 18.9 Å². The molecule has 1 saturated heterocycles. The molecule has 1 aliphatic carbocycles. The van der Waals surface area contributed by atoms with Gasteiger partial charge in [-0.05, 0) is 93.2 Å². The van der Waals surface area contributed by atoms with E-state index in [-0.39, 0.29) is 24.2 Å².